The summed E-state index contributed by atoms with van der Waals surface area (Å²) in [5, 5.41) is 13.1. The fourth-order valence-electron chi connectivity index (χ4n) is 4.96. The maximum Gasteiger partial charge on any atom is 0.437 e. The summed E-state index contributed by atoms with van der Waals surface area (Å²) < 4.78 is 58.1. The lowest BCUT2D eigenvalue weighted by Gasteiger charge is -2.28. The Morgan fingerprint density at radius 3 is 2.57 bits per heavy atom. The minimum atomic E-state index is -4.84. The smallest absolute Gasteiger partial charge is 0.437 e. The number of amides is 1. The molecule has 0 aromatic carbocycles. The first-order valence-electron chi connectivity index (χ1n) is 12.4. The van der Waals surface area contributed by atoms with Crippen LogP contribution in [-0.2, 0) is 22.3 Å². The van der Waals surface area contributed by atoms with Crippen molar-refractivity contribution < 1.29 is 41.9 Å². The predicted molar refractivity (Wildman–Crippen MR) is 124 cm³/mol. The van der Waals surface area contributed by atoms with Crippen molar-refractivity contribution in [1.29, 1.82) is 0 Å². The Balaban J connectivity index is 1.53. The number of ether oxygens (including phenoxy) is 2. The molecule has 2 fully saturated rings. The molecule has 202 valence electrons. The maximum absolute atomic E-state index is 13.9. The normalized spacial score (nSPS) is 20.6. The van der Waals surface area contributed by atoms with Crippen molar-refractivity contribution in [2.75, 3.05) is 7.05 Å². The highest BCUT2D eigenvalue weighted by atomic mass is 19.4. The van der Waals surface area contributed by atoms with Crippen molar-refractivity contribution in [2.45, 2.75) is 83.2 Å². The van der Waals surface area contributed by atoms with Gasteiger partial charge in [0.15, 0.2) is 17.2 Å². The summed E-state index contributed by atoms with van der Waals surface area (Å²) in [7, 11) is 1.67. The van der Waals surface area contributed by atoms with E-state index in [2.05, 4.69) is 10.1 Å². The highest BCUT2D eigenvalue weighted by Crippen LogP contribution is 2.39. The SMILES string of the molecule is Cc1noc(-c2ccc(O[C@H]3CCC[C@H](C(=O)O)C3)c(C(F)(F)F)n2)c1COC(=O)N(C)C1CCCC1. The number of carboxylic acid groups (broad SMARTS) is 1. The minimum absolute atomic E-state index is 0.0329. The van der Waals surface area contributed by atoms with Crippen LogP contribution in [0, 0.1) is 12.8 Å². The van der Waals surface area contributed by atoms with Crippen molar-refractivity contribution in [2.24, 2.45) is 5.92 Å². The van der Waals surface area contributed by atoms with Crippen molar-refractivity contribution in [3.05, 3.63) is 29.1 Å². The van der Waals surface area contributed by atoms with Gasteiger partial charge in [0, 0.05) is 13.1 Å². The van der Waals surface area contributed by atoms with E-state index in [1.54, 1.807) is 18.9 Å². The third-order valence-corrected chi connectivity index (χ3v) is 7.11. The zero-order valence-electron chi connectivity index (χ0n) is 20.7. The molecule has 2 aromatic heterocycles. The summed E-state index contributed by atoms with van der Waals surface area (Å²) in [5.41, 5.74) is -0.703. The van der Waals surface area contributed by atoms with Gasteiger partial charge in [0.05, 0.1) is 23.3 Å². The molecule has 4 rings (SSSR count). The number of alkyl halides is 3. The molecule has 2 aromatic rings. The lowest BCUT2D eigenvalue weighted by atomic mass is 9.87. The first-order chi connectivity index (χ1) is 17.5. The molecule has 2 atom stereocenters. The number of hydrogen-bond donors (Lipinski definition) is 1. The van der Waals surface area contributed by atoms with E-state index in [9.17, 15) is 27.9 Å². The first kappa shape index (κ1) is 26.7. The van der Waals surface area contributed by atoms with Gasteiger partial charge in [0.25, 0.3) is 0 Å². The highest BCUT2D eigenvalue weighted by Gasteiger charge is 2.39. The van der Waals surface area contributed by atoms with Crippen molar-refractivity contribution >= 4 is 12.1 Å². The molecule has 37 heavy (non-hydrogen) atoms. The largest absolute Gasteiger partial charge is 0.488 e. The van der Waals surface area contributed by atoms with Gasteiger partial charge in [-0.3, -0.25) is 4.79 Å². The van der Waals surface area contributed by atoms with Gasteiger partial charge < -0.3 is 24.0 Å². The number of aliphatic carboxylic acids is 1. The van der Waals surface area contributed by atoms with Gasteiger partial charge in [-0.2, -0.15) is 13.2 Å². The van der Waals surface area contributed by atoms with Crippen LogP contribution in [-0.4, -0.2) is 51.4 Å². The zero-order chi connectivity index (χ0) is 26.7. The van der Waals surface area contributed by atoms with Gasteiger partial charge in [0.2, 0.25) is 0 Å². The molecule has 1 amide bonds. The standard InChI is InChI=1S/C25H30F3N3O6/c1-14-18(13-35-24(34)31(2)16-7-3-4-8-16)21(37-30-14)19-10-11-20(22(29-19)25(26,27)28)36-17-9-5-6-15(12-17)23(32)33/h10-11,15-17H,3-9,12-13H2,1-2H3,(H,32,33)/t15-,17-/m0/s1. The second kappa shape index (κ2) is 11.0. The Labute approximate surface area is 211 Å². The molecule has 0 saturated heterocycles. The lowest BCUT2D eigenvalue weighted by Crippen LogP contribution is -2.35. The Morgan fingerprint density at radius 2 is 1.89 bits per heavy atom. The molecule has 9 nitrogen and oxygen atoms in total. The van der Waals surface area contributed by atoms with Gasteiger partial charge in [-0.25, -0.2) is 9.78 Å². The molecule has 0 radical (unpaired) electrons. The average Bonchev–Trinajstić information content (AvgIpc) is 3.52. The number of halogens is 3. The van der Waals surface area contributed by atoms with E-state index < -0.39 is 41.7 Å². The Hall–Kier alpha value is -3.31. The predicted octanol–water partition coefficient (Wildman–Crippen LogP) is 5.60. The fraction of sp³-hybridized carbons (Fsp3) is 0.600. The second-order valence-electron chi connectivity index (χ2n) is 9.66. The number of carboxylic acids is 1. The van der Waals surface area contributed by atoms with Gasteiger partial charge in [0.1, 0.15) is 12.3 Å². The van der Waals surface area contributed by atoms with Gasteiger partial charge >= 0.3 is 18.2 Å². The lowest BCUT2D eigenvalue weighted by molar-refractivity contribution is -0.146. The molecular weight excluding hydrogens is 495 g/mol. The molecule has 2 saturated carbocycles. The van der Waals surface area contributed by atoms with E-state index in [0.29, 0.717) is 30.5 Å². The van der Waals surface area contributed by atoms with Gasteiger partial charge in [-0.1, -0.05) is 18.0 Å². The monoisotopic (exact) mass is 525 g/mol. The molecule has 2 aliphatic carbocycles. The molecule has 0 aliphatic heterocycles. The Bertz CT molecular complexity index is 1130. The zero-order valence-corrected chi connectivity index (χ0v) is 20.7. The van der Waals surface area contributed by atoms with Crippen LogP contribution in [0.5, 0.6) is 5.75 Å². The number of rotatable bonds is 7. The van der Waals surface area contributed by atoms with Crippen LogP contribution in [0.4, 0.5) is 18.0 Å². The average molecular weight is 526 g/mol. The van der Waals surface area contributed by atoms with E-state index in [1.165, 1.54) is 6.07 Å². The van der Waals surface area contributed by atoms with Crippen LogP contribution in [0.25, 0.3) is 11.5 Å². The topological polar surface area (TPSA) is 115 Å². The number of carbonyl (C=O) groups is 2. The quantitative estimate of drug-likeness (QED) is 0.497. The number of aryl methyl sites for hydroxylation is 1. The molecule has 12 heteroatoms. The van der Waals surface area contributed by atoms with E-state index in [1.807, 2.05) is 0 Å². The van der Waals surface area contributed by atoms with Crippen LogP contribution in [0.15, 0.2) is 16.7 Å². The van der Waals surface area contributed by atoms with Crippen LogP contribution in [0.1, 0.15) is 68.3 Å². The summed E-state index contributed by atoms with van der Waals surface area (Å²) in [4.78, 5) is 29.1. The first-order valence-corrected chi connectivity index (χ1v) is 12.4. The minimum Gasteiger partial charge on any atom is -0.488 e. The Morgan fingerprint density at radius 1 is 1.16 bits per heavy atom. The molecule has 1 N–H and O–H groups in total. The van der Waals surface area contributed by atoms with E-state index in [4.69, 9.17) is 14.0 Å². The summed E-state index contributed by atoms with van der Waals surface area (Å²) in [6, 6.07) is 2.57. The number of nitrogens with zero attached hydrogens (tertiary/aromatic N) is 3. The van der Waals surface area contributed by atoms with E-state index >= 15 is 0 Å². The molecule has 0 spiro atoms. The summed E-state index contributed by atoms with van der Waals surface area (Å²) in [6.45, 7) is 1.36. The third kappa shape index (κ3) is 6.16. The Kier molecular flexibility index (Phi) is 7.93. The van der Waals surface area contributed by atoms with Crippen LogP contribution < -0.4 is 4.74 Å². The molecule has 2 aliphatic rings. The summed E-state index contributed by atoms with van der Waals surface area (Å²) >= 11 is 0. The maximum atomic E-state index is 13.9. The van der Waals surface area contributed by atoms with Crippen molar-refractivity contribution in [3.8, 4) is 17.2 Å². The van der Waals surface area contributed by atoms with Crippen LogP contribution >= 0.6 is 0 Å². The van der Waals surface area contributed by atoms with E-state index in [0.717, 1.165) is 31.7 Å². The molecule has 0 bridgehead atoms. The second-order valence-corrected chi connectivity index (χ2v) is 9.66. The van der Waals surface area contributed by atoms with Crippen molar-refractivity contribution in [1.82, 2.24) is 15.0 Å². The summed E-state index contributed by atoms with van der Waals surface area (Å²) in [5.74, 6) is -2.15. The molecule has 2 heterocycles. The third-order valence-electron chi connectivity index (χ3n) is 7.11. The van der Waals surface area contributed by atoms with Gasteiger partial charge in [-0.15, -0.1) is 0 Å². The van der Waals surface area contributed by atoms with Crippen molar-refractivity contribution in [3.63, 3.8) is 0 Å². The number of hydrogen-bond acceptors (Lipinski definition) is 7. The number of aromatic nitrogens is 2. The van der Waals surface area contributed by atoms with Gasteiger partial charge in [-0.05, 0) is 57.6 Å². The van der Waals surface area contributed by atoms with Crippen LogP contribution in [0.2, 0.25) is 0 Å². The number of pyridine rings is 1. The summed E-state index contributed by atoms with van der Waals surface area (Å²) in [6.07, 6.45) is -0.541. The van der Waals surface area contributed by atoms with Crippen LogP contribution in [0.3, 0.4) is 0 Å². The number of carbonyl (C=O) groups excluding carboxylic acids is 1. The fourth-order valence-corrected chi connectivity index (χ4v) is 4.96. The van der Waals surface area contributed by atoms with E-state index in [-0.39, 0.29) is 30.5 Å². The highest BCUT2D eigenvalue weighted by molar-refractivity contribution is 5.70. The molecular formula is C25H30F3N3O6. The molecule has 0 unspecified atom stereocenters.